The third-order valence-corrected chi connectivity index (χ3v) is 3.54. The number of ether oxygens (including phenoxy) is 1. The Morgan fingerprint density at radius 2 is 2.05 bits per heavy atom. The van der Waals surface area contributed by atoms with E-state index in [1.807, 2.05) is 30.3 Å². The zero-order valence-electron chi connectivity index (χ0n) is 12.8. The molecule has 114 valence electrons. The van der Waals surface area contributed by atoms with Crippen molar-refractivity contribution in [2.45, 2.75) is 19.9 Å². The smallest absolute Gasteiger partial charge is 0.191 e. The minimum atomic E-state index is 0.689. The maximum absolute atomic E-state index is 6.03. The summed E-state index contributed by atoms with van der Waals surface area (Å²) in [6, 6.07) is 16.1. The van der Waals surface area contributed by atoms with Gasteiger partial charge in [0.15, 0.2) is 5.96 Å². The fourth-order valence-corrected chi connectivity index (χ4v) is 2.35. The van der Waals surface area contributed by atoms with Gasteiger partial charge in [0, 0.05) is 25.2 Å². The maximum Gasteiger partial charge on any atom is 0.191 e. The normalized spacial score (nSPS) is 14.0. The number of guanidine groups is 1. The number of hydrogen-bond donors (Lipinski definition) is 2. The highest BCUT2D eigenvalue weighted by molar-refractivity contribution is 5.80. The predicted molar refractivity (Wildman–Crippen MR) is 89.5 cm³/mol. The van der Waals surface area contributed by atoms with Crippen LogP contribution in [0.15, 0.2) is 53.5 Å². The summed E-state index contributed by atoms with van der Waals surface area (Å²) in [4.78, 5) is 4.43. The fourth-order valence-electron chi connectivity index (χ4n) is 2.35. The minimum Gasteiger partial charge on any atom is -0.457 e. The molecule has 0 bridgehead atoms. The first-order chi connectivity index (χ1) is 10.8. The summed E-state index contributed by atoms with van der Waals surface area (Å²) in [5, 5.41) is 6.61. The van der Waals surface area contributed by atoms with E-state index in [0.29, 0.717) is 6.54 Å². The van der Waals surface area contributed by atoms with E-state index in [4.69, 9.17) is 4.74 Å². The maximum atomic E-state index is 6.03. The van der Waals surface area contributed by atoms with E-state index in [0.717, 1.165) is 42.5 Å². The van der Waals surface area contributed by atoms with Crippen LogP contribution in [0.1, 0.15) is 17.5 Å². The molecule has 0 aromatic heterocycles. The van der Waals surface area contributed by atoms with Gasteiger partial charge < -0.3 is 15.4 Å². The highest BCUT2D eigenvalue weighted by Crippen LogP contribution is 2.26. The molecule has 2 N–H and O–H groups in total. The Balaban J connectivity index is 1.74. The van der Waals surface area contributed by atoms with Gasteiger partial charge in [-0.3, -0.25) is 4.99 Å². The molecular formula is C18H21N3O. The van der Waals surface area contributed by atoms with Crippen LogP contribution in [0.5, 0.6) is 11.5 Å². The molecule has 3 rings (SSSR count). The first kappa shape index (κ1) is 14.4. The number of rotatable bonds is 4. The van der Waals surface area contributed by atoms with E-state index in [9.17, 15) is 0 Å². The van der Waals surface area contributed by atoms with Gasteiger partial charge in [0.05, 0.1) is 0 Å². The van der Waals surface area contributed by atoms with Gasteiger partial charge in [0.25, 0.3) is 0 Å². The molecule has 0 fully saturated rings. The Morgan fingerprint density at radius 3 is 2.82 bits per heavy atom. The molecule has 1 aliphatic rings. The van der Waals surface area contributed by atoms with Gasteiger partial charge in [0.2, 0.25) is 0 Å². The van der Waals surface area contributed by atoms with E-state index in [-0.39, 0.29) is 0 Å². The number of hydrogen-bond acceptors (Lipinski definition) is 4. The average Bonchev–Trinajstić information content (AvgIpc) is 2.56. The van der Waals surface area contributed by atoms with Crippen LogP contribution in [-0.2, 0) is 6.54 Å². The Morgan fingerprint density at radius 1 is 1.18 bits per heavy atom. The molecule has 0 aliphatic carbocycles. The molecule has 22 heavy (non-hydrogen) atoms. The highest BCUT2D eigenvalue weighted by atomic mass is 16.5. The minimum absolute atomic E-state index is 0.689. The second-order valence-corrected chi connectivity index (χ2v) is 5.39. The van der Waals surface area contributed by atoms with E-state index < -0.39 is 0 Å². The van der Waals surface area contributed by atoms with E-state index in [1.54, 1.807) is 0 Å². The first-order valence-electron chi connectivity index (χ1n) is 7.66. The third kappa shape index (κ3) is 3.79. The van der Waals surface area contributed by atoms with Crippen LogP contribution in [-0.4, -0.2) is 19.0 Å². The molecule has 0 radical (unpaired) electrons. The summed E-state index contributed by atoms with van der Waals surface area (Å²) in [6.07, 6.45) is 1.10. The molecule has 0 saturated carbocycles. The van der Waals surface area contributed by atoms with Crippen LogP contribution in [0.4, 0.5) is 0 Å². The van der Waals surface area contributed by atoms with Crippen LogP contribution < -0.4 is 15.4 Å². The molecule has 0 spiro atoms. The third-order valence-electron chi connectivity index (χ3n) is 3.54. The van der Waals surface area contributed by atoms with E-state index in [2.05, 4.69) is 40.7 Å². The van der Waals surface area contributed by atoms with Crippen molar-refractivity contribution in [2.75, 3.05) is 13.1 Å². The van der Waals surface area contributed by atoms with Crippen LogP contribution in [0.2, 0.25) is 0 Å². The SMILES string of the molecule is Cc1ccc(CNC2=NCCCN2)c(Oc2ccccc2)c1. The topological polar surface area (TPSA) is 45.7 Å². The van der Waals surface area contributed by atoms with Crippen LogP contribution in [0, 0.1) is 6.92 Å². The molecule has 1 aliphatic heterocycles. The largest absolute Gasteiger partial charge is 0.457 e. The summed E-state index contributed by atoms with van der Waals surface area (Å²) in [6.45, 7) is 4.62. The second-order valence-electron chi connectivity index (χ2n) is 5.39. The molecule has 4 nitrogen and oxygen atoms in total. The molecule has 4 heteroatoms. The van der Waals surface area contributed by atoms with Crippen molar-refractivity contribution in [2.24, 2.45) is 4.99 Å². The zero-order chi connectivity index (χ0) is 15.2. The van der Waals surface area contributed by atoms with Crippen molar-refractivity contribution in [1.29, 1.82) is 0 Å². The lowest BCUT2D eigenvalue weighted by Crippen LogP contribution is -2.40. The Hall–Kier alpha value is -2.49. The summed E-state index contributed by atoms with van der Waals surface area (Å²) >= 11 is 0. The quantitative estimate of drug-likeness (QED) is 0.910. The summed E-state index contributed by atoms with van der Waals surface area (Å²) in [7, 11) is 0. The summed E-state index contributed by atoms with van der Waals surface area (Å²) in [5.41, 5.74) is 2.30. The molecular weight excluding hydrogens is 274 g/mol. The van der Waals surface area contributed by atoms with Crippen molar-refractivity contribution in [3.63, 3.8) is 0 Å². The Labute approximate surface area is 131 Å². The molecule has 2 aromatic carbocycles. The Bertz CT molecular complexity index is 653. The molecule has 0 saturated heterocycles. The van der Waals surface area contributed by atoms with Gasteiger partial charge in [-0.05, 0) is 37.1 Å². The molecule has 0 amide bonds. The van der Waals surface area contributed by atoms with E-state index in [1.165, 1.54) is 5.56 Å². The number of nitrogens with zero attached hydrogens (tertiary/aromatic N) is 1. The van der Waals surface area contributed by atoms with Gasteiger partial charge in [-0.15, -0.1) is 0 Å². The van der Waals surface area contributed by atoms with Gasteiger partial charge in [-0.2, -0.15) is 0 Å². The second kappa shape index (κ2) is 6.98. The predicted octanol–water partition coefficient (Wildman–Crippen LogP) is 3.23. The van der Waals surface area contributed by atoms with Crippen molar-refractivity contribution in [1.82, 2.24) is 10.6 Å². The molecule has 2 aromatic rings. The number of benzene rings is 2. The van der Waals surface area contributed by atoms with Gasteiger partial charge >= 0.3 is 0 Å². The molecule has 0 unspecified atom stereocenters. The number of nitrogens with one attached hydrogen (secondary N) is 2. The number of aliphatic imine (C=N–C) groups is 1. The van der Waals surface area contributed by atoms with Crippen molar-refractivity contribution >= 4 is 5.96 Å². The number of aryl methyl sites for hydroxylation is 1. The van der Waals surface area contributed by atoms with E-state index >= 15 is 0 Å². The van der Waals surface area contributed by atoms with Gasteiger partial charge in [-0.1, -0.05) is 30.3 Å². The Kier molecular flexibility index (Phi) is 4.59. The lowest BCUT2D eigenvalue weighted by molar-refractivity contribution is 0.474. The van der Waals surface area contributed by atoms with Crippen molar-refractivity contribution in [3.05, 3.63) is 59.7 Å². The lowest BCUT2D eigenvalue weighted by Gasteiger charge is -2.17. The zero-order valence-corrected chi connectivity index (χ0v) is 12.8. The van der Waals surface area contributed by atoms with Crippen LogP contribution >= 0.6 is 0 Å². The summed E-state index contributed by atoms with van der Waals surface area (Å²) < 4.78 is 6.03. The van der Waals surface area contributed by atoms with Gasteiger partial charge in [0.1, 0.15) is 11.5 Å². The van der Waals surface area contributed by atoms with Crippen molar-refractivity contribution in [3.8, 4) is 11.5 Å². The van der Waals surface area contributed by atoms with Crippen LogP contribution in [0.3, 0.4) is 0 Å². The van der Waals surface area contributed by atoms with Crippen molar-refractivity contribution < 1.29 is 4.74 Å². The van der Waals surface area contributed by atoms with Gasteiger partial charge in [-0.25, -0.2) is 0 Å². The average molecular weight is 295 g/mol. The standard InChI is InChI=1S/C18H21N3O/c1-14-8-9-15(13-21-18-19-10-5-11-20-18)17(12-14)22-16-6-3-2-4-7-16/h2-4,6-9,12H,5,10-11,13H2,1H3,(H2,19,20,21). The monoisotopic (exact) mass is 295 g/mol. The highest BCUT2D eigenvalue weighted by Gasteiger charge is 2.08. The van der Waals surface area contributed by atoms with Crippen LogP contribution in [0.25, 0.3) is 0 Å². The molecule has 0 atom stereocenters. The summed E-state index contributed by atoms with van der Waals surface area (Å²) in [5.74, 6) is 2.61. The lowest BCUT2D eigenvalue weighted by atomic mass is 10.1. The molecule has 1 heterocycles. The number of para-hydroxylation sites is 1. The first-order valence-corrected chi connectivity index (χ1v) is 7.66. The fraction of sp³-hybridized carbons (Fsp3) is 0.278.